The van der Waals surface area contributed by atoms with E-state index in [9.17, 15) is 0 Å². The molecular formula is C19H31N3O2. The van der Waals surface area contributed by atoms with Crippen molar-refractivity contribution in [1.82, 2.24) is 14.7 Å². The van der Waals surface area contributed by atoms with Gasteiger partial charge in [0.25, 0.3) is 0 Å². The summed E-state index contributed by atoms with van der Waals surface area (Å²) >= 11 is 0. The zero-order valence-corrected chi connectivity index (χ0v) is 15.3. The van der Waals surface area contributed by atoms with Gasteiger partial charge in [-0.15, -0.1) is 0 Å². The SMILES string of the molecule is COc1ccc(CN2CCC(N3CCN(C)CC3)CC2)c(OC)c1. The van der Waals surface area contributed by atoms with Gasteiger partial charge in [-0.2, -0.15) is 0 Å². The number of methoxy groups -OCH3 is 2. The van der Waals surface area contributed by atoms with Gasteiger partial charge < -0.3 is 14.4 Å². The lowest BCUT2D eigenvalue weighted by molar-refractivity contribution is 0.0656. The summed E-state index contributed by atoms with van der Waals surface area (Å²) in [6, 6.07) is 6.90. The molecule has 3 rings (SSSR count). The molecule has 2 saturated heterocycles. The molecule has 0 amide bonds. The molecular weight excluding hydrogens is 302 g/mol. The molecule has 0 bridgehead atoms. The maximum Gasteiger partial charge on any atom is 0.127 e. The third kappa shape index (κ3) is 4.21. The van der Waals surface area contributed by atoms with E-state index >= 15 is 0 Å². The summed E-state index contributed by atoms with van der Waals surface area (Å²) in [5.41, 5.74) is 1.25. The lowest BCUT2D eigenvalue weighted by Gasteiger charge is -2.42. The van der Waals surface area contributed by atoms with E-state index in [4.69, 9.17) is 9.47 Å². The van der Waals surface area contributed by atoms with Gasteiger partial charge in [0.1, 0.15) is 11.5 Å². The number of likely N-dealkylation sites (N-methyl/N-ethyl adjacent to an activating group) is 1. The zero-order chi connectivity index (χ0) is 16.9. The summed E-state index contributed by atoms with van der Waals surface area (Å²) in [6.45, 7) is 8.19. The normalized spacial score (nSPS) is 21.8. The maximum absolute atomic E-state index is 5.54. The van der Waals surface area contributed by atoms with Gasteiger partial charge in [-0.25, -0.2) is 0 Å². The molecule has 1 aromatic carbocycles. The Morgan fingerprint density at radius 1 is 0.958 bits per heavy atom. The number of hydrogen-bond donors (Lipinski definition) is 0. The predicted molar refractivity (Wildman–Crippen MR) is 96.9 cm³/mol. The van der Waals surface area contributed by atoms with Crippen molar-refractivity contribution in [2.45, 2.75) is 25.4 Å². The Labute approximate surface area is 146 Å². The molecule has 0 aliphatic carbocycles. The largest absolute Gasteiger partial charge is 0.497 e. The van der Waals surface area contributed by atoms with Crippen LogP contribution < -0.4 is 9.47 Å². The minimum atomic E-state index is 0.771. The maximum atomic E-state index is 5.54. The van der Waals surface area contributed by atoms with Gasteiger partial charge in [0.2, 0.25) is 0 Å². The fourth-order valence-electron chi connectivity index (χ4n) is 3.85. The molecule has 2 aliphatic heterocycles. The van der Waals surface area contributed by atoms with Crippen LogP contribution in [0.15, 0.2) is 18.2 Å². The van der Waals surface area contributed by atoms with E-state index in [2.05, 4.69) is 27.8 Å². The van der Waals surface area contributed by atoms with Crippen LogP contribution in [-0.2, 0) is 6.54 Å². The van der Waals surface area contributed by atoms with Crippen LogP contribution in [0.2, 0.25) is 0 Å². The Balaban J connectivity index is 1.52. The number of benzene rings is 1. The van der Waals surface area contributed by atoms with E-state index < -0.39 is 0 Å². The molecule has 0 N–H and O–H groups in total. The van der Waals surface area contributed by atoms with Crippen LogP contribution in [0.1, 0.15) is 18.4 Å². The summed E-state index contributed by atoms with van der Waals surface area (Å²) in [5.74, 6) is 1.78. The van der Waals surface area contributed by atoms with Gasteiger partial charge in [0, 0.05) is 50.4 Å². The van der Waals surface area contributed by atoms with E-state index in [0.717, 1.165) is 24.1 Å². The molecule has 0 unspecified atom stereocenters. The monoisotopic (exact) mass is 333 g/mol. The smallest absolute Gasteiger partial charge is 0.127 e. The van der Waals surface area contributed by atoms with Crippen LogP contribution in [-0.4, -0.2) is 81.3 Å². The highest BCUT2D eigenvalue weighted by Crippen LogP contribution is 2.27. The highest BCUT2D eigenvalue weighted by atomic mass is 16.5. The second-order valence-corrected chi connectivity index (χ2v) is 7.02. The summed E-state index contributed by atoms with van der Waals surface area (Å²) < 4.78 is 10.8. The Bertz CT molecular complexity index is 521. The van der Waals surface area contributed by atoms with Crippen molar-refractivity contribution in [1.29, 1.82) is 0 Å². The molecule has 0 spiro atoms. The third-order valence-electron chi connectivity index (χ3n) is 5.50. The van der Waals surface area contributed by atoms with Crippen molar-refractivity contribution in [2.75, 3.05) is 60.5 Å². The first-order valence-electron chi connectivity index (χ1n) is 9.05. The minimum Gasteiger partial charge on any atom is -0.497 e. The first-order valence-corrected chi connectivity index (χ1v) is 9.05. The molecule has 0 saturated carbocycles. The molecule has 0 atom stereocenters. The van der Waals surface area contributed by atoms with Crippen molar-refractivity contribution in [3.8, 4) is 11.5 Å². The van der Waals surface area contributed by atoms with Crippen LogP contribution in [0.5, 0.6) is 11.5 Å². The van der Waals surface area contributed by atoms with Crippen molar-refractivity contribution < 1.29 is 9.47 Å². The number of ether oxygens (including phenoxy) is 2. The zero-order valence-electron chi connectivity index (χ0n) is 15.3. The van der Waals surface area contributed by atoms with E-state index in [1.54, 1.807) is 14.2 Å². The predicted octanol–water partition coefficient (Wildman–Crippen LogP) is 1.92. The molecule has 2 heterocycles. The van der Waals surface area contributed by atoms with Crippen LogP contribution >= 0.6 is 0 Å². The van der Waals surface area contributed by atoms with Crippen LogP contribution in [0, 0.1) is 0 Å². The van der Waals surface area contributed by atoms with Gasteiger partial charge in [-0.1, -0.05) is 6.07 Å². The number of likely N-dealkylation sites (tertiary alicyclic amines) is 1. The van der Waals surface area contributed by atoms with Gasteiger partial charge in [-0.05, 0) is 39.0 Å². The number of nitrogens with zero attached hydrogens (tertiary/aromatic N) is 3. The van der Waals surface area contributed by atoms with Gasteiger partial charge in [0.15, 0.2) is 0 Å². The Hall–Kier alpha value is -1.30. The lowest BCUT2D eigenvalue weighted by Crippen LogP contribution is -2.52. The molecule has 134 valence electrons. The first kappa shape index (κ1) is 17.5. The van der Waals surface area contributed by atoms with E-state index in [0.29, 0.717) is 0 Å². The van der Waals surface area contributed by atoms with Crippen LogP contribution in [0.3, 0.4) is 0 Å². The molecule has 0 aromatic heterocycles. The van der Waals surface area contributed by atoms with E-state index in [1.807, 2.05) is 12.1 Å². The highest BCUT2D eigenvalue weighted by Gasteiger charge is 2.26. The number of piperidine rings is 1. The molecule has 2 aliphatic rings. The topological polar surface area (TPSA) is 28.2 Å². The fourth-order valence-corrected chi connectivity index (χ4v) is 3.85. The highest BCUT2D eigenvalue weighted by molar-refractivity contribution is 5.40. The number of rotatable bonds is 5. The average molecular weight is 333 g/mol. The summed E-state index contributed by atoms with van der Waals surface area (Å²) in [5, 5.41) is 0. The van der Waals surface area contributed by atoms with Crippen LogP contribution in [0.4, 0.5) is 0 Å². The minimum absolute atomic E-state index is 0.771. The van der Waals surface area contributed by atoms with Gasteiger partial charge >= 0.3 is 0 Å². The second-order valence-electron chi connectivity index (χ2n) is 7.02. The van der Waals surface area contributed by atoms with Gasteiger partial charge in [-0.3, -0.25) is 9.80 Å². The fraction of sp³-hybridized carbons (Fsp3) is 0.684. The van der Waals surface area contributed by atoms with Crippen molar-refractivity contribution in [2.24, 2.45) is 0 Å². The molecule has 1 aromatic rings. The van der Waals surface area contributed by atoms with Crippen molar-refractivity contribution >= 4 is 0 Å². The number of hydrogen-bond acceptors (Lipinski definition) is 5. The first-order chi connectivity index (χ1) is 11.7. The Morgan fingerprint density at radius 3 is 2.29 bits per heavy atom. The third-order valence-corrected chi connectivity index (χ3v) is 5.50. The average Bonchev–Trinajstić information content (AvgIpc) is 2.63. The molecule has 5 heteroatoms. The number of piperazine rings is 1. The van der Waals surface area contributed by atoms with Crippen LogP contribution in [0.25, 0.3) is 0 Å². The molecule has 24 heavy (non-hydrogen) atoms. The molecule has 0 radical (unpaired) electrons. The standard InChI is InChI=1S/C19H31N3O2/c1-20-10-12-22(13-11-20)17-6-8-21(9-7-17)15-16-4-5-18(23-2)14-19(16)24-3/h4-5,14,17H,6-13,15H2,1-3H3. The van der Waals surface area contributed by atoms with E-state index in [-0.39, 0.29) is 0 Å². The summed E-state index contributed by atoms with van der Waals surface area (Å²) in [6.07, 6.45) is 2.56. The quantitative estimate of drug-likeness (QED) is 0.821. The lowest BCUT2D eigenvalue weighted by atomic mass is 10.0. The van der Waals surface area contributed by atoms with Gasteiger partial charge in [0.05, 0.1) is 14.2 Å². The summed E-state index contributed by atoms with van der Waals surface area (Å²) in [4.78, 5) is 7.68. The molecule has 5 nitrogen and oxygen atoms in total. The summed E-state index contributed by atoms with van der Waals surface area (Å²) in [7, 11) is 5.65. The Kier molecular flexibility index (Phi) is 5.98. The van der Waals surface area contributed by atoms with Crippen molar-refractivity contribution in [3.63, 3.8) is 0 Å². The van der Waals surface area contributed by atoms with E-state index in [1.165, 1.54) is 57.7 Å². The van der Waals surface area contributed by atoms with Crippen molar-refractivity contribution in [3.05, 3.63) is 23.8 Å². The molecule has 2 fully saturated rings. The Morgan fingerprint density at radius 2 is 1.67 bits per heavy atom. The second kappa shape index (κ2) is 8.19.